The highest BCUT2D eigenvalue weighted by atomic mass is 35.5. The molecule has 0 bridgehead atoms. The van der Waals surface area contributed by atoms with E-state index in [9.17, 15) is 0 Å². The van der Waals surface area contributed by atoms with E-state index in [0.717, 1.165) is 5.69 Å². The first-order valence-corrected chi connectivity index (χ1v) is 3.63. The molecule has 0 atom stereocenters. The van der Waals surface area contributed by atoms with Gasteiger partial charge in [-0.15, -0.1) is 0 Å². The number of rotatable bonds is 1. The predicted octanol–water partition coefficient (Wildman–Crippen LogP) is 2.56. The maximum atomic E-state index is 5.60. The minimum atomic E-state index is 0.489. The summed E-state index contributed by atoms with van der Waals surface area (Å²) >= 11 is 5.58. The van der Waals surface area contributed by atoms with Gasteiger partial charge in [0.15, 0.2) is 0 Å². The zero-order valence-corrected chi connectivity index (χ0v) is 6.97. The fourth-order valence-electron chi connectivity index (χ4n) is 0.755. The number of halogens is 1. The average molecular weight is 169 g/mol. The molecular weight excluding hydrogens is 160 g/mol. The summed E-state index contributed by atoms with van der Waals surface area (Å²) in [7, 11) is 0. The molecule has 1 rings (SSSR count). The summed E-state index contributed by atoms with van der Waals surface area (Å²) in [5.74, 6) is 0. The lowest BCUT2D eigenvalue weighted by molar-refractivity contribution is 1.52. The van der Waals surface area contributed by atoms with E-state index in [4.69, 9.17) is 17.3 Å². The summed E-state index contributed by atoms with van der Waals surface area (Å²) in [6.45, 7) is 1.72. The lowest BCUT2D eigenvalue weighted by Crippen LogP contribution is -1.84. The van der Waals surface area contributed by atoms with Crippen LogP contribution in [0.25, 0.3) is 0 Å². The van der Waals surface area contributed by atoms with Gasteiger partial charge < -0.3 is 5.73 Å². The van der Waals surface area contributed by atoms with Crippen molar-refractivity contribution in [2.45, 2.75) is 6.92 Å². The second-order valence-corrected chi connectivity index (χ2v) is 2.71. The Morgan fingerprint density at radius 1 is 1.45 bits per heavy atom. The van der Waals surface area contributed by atoms with E-state index < -0.39 is 0 Å². The van der Waals surface area contributed by atoms with Crippen LogP contribution in [0.2, 0.25) is 0 Å². The number of para-hydroxylation sites is 2. The van der Waals surface area contributed by atoms with Crippen LogP contribution >= 0.6 is 11.6 Å². The summed E-state index contributed by atoms with van der Waals surface area (Å²) < 4.78 is 0. The van der Waals surface area contributed by atoms with E-state index in [1.165, 1.54) is 0 Å². The van der Waals surface area contributed by atoms with Crippen molar-refractivity contribution in [1.82, 2.24) is 0 Å². The van der Waals surface area contributed by atoms with Gasteiger partial charge in [0, 0.05) is 0 Å². The molecule has 2 nitrogen and oxygen atoms in total. The molecule has 0 aliphatic heterocycles. The smallest absolute Gasteiger partial charge is 0.103 e. The Morgan fingerprint density at radius 2 is 2.09 bits per heavy atom. The summed E-state index contributed by atoms with van der Waals surface area (Å²) in [5.41, 5.74) is 6.97. The molecule has 0 aliphatic carbocycles. The minimum absolute atomic E-state index is 0.489. The van der Waals surface area contributed by atoms with E-state index in [1.54, 1.807) is 13.0 Å². The maximum absolute atomic E-state index is 5.60. The van der Waals surface area contributed by atoms with Crippen LogP contribution in [-0.2, 0) is 0 Å². The van der Waals surface area contributed by atoms with Gasteiger partial charge in [-0.1, -0.05) is 23.7 Å². The molecule has 0 saturated carbocycles. The number of nitrogens with two attached hydrogens (primary N) is 1. The minimum Gasteiger partial charge on any atom is -0.397 e. The number of benzene rings is 1. The number of anilines is 1. The Kier molecular flexibility index (Phi) is 2.49. The van der Waals surface area contributed by atoms with Crippen LogP contribution in [0.5, 0.6) is 0 Å². The van der Waals surface area contributed by atoms with E-state index in [2.05, 4.69) is 4.99 Å². The largest absolute Gasteiger partial charge is 0.397 e. The maximum Gasteiger partial charge on any atom is 0.103 e. The second-order valence-electron chi connectivity index (χ2n) is 2.17. The molecule has 0 heterocycles. The van der Waals surface area contributed by atoms with Crippen LogP contribution in [0.4, 0.5) is 11.4 Å². The Bertz CT molecular complexity index is 277. The third kappa shape index (κ3) is 2.24. The molecule has 11 heavy (non-hydrogen) atoms. The van der Waals surface area contributed by atoms with Crippen molar-refractivity contribution in [2.24, 2.45) is 4.99 Å². The first-order valence-electron chi connectivity index (χ1n) is 3.25. The summed E-state index contributed by atoms with van der Waals surface area (Å²) in [4.78, 5) is 4.02. The molecule has 0 aliphatic rings. The predicted molar refractivity (Wildman–Crippen MR) is 49.5 cm³/mol. The van der Waals surface area contributed by atoms with Crippen molar-refractivity contribution in [3.63, 3.8) is 0 Å². The topological polar surface area (TPSA) is 38.4 Å². The normalized spacial score (nSPS) is 11.6. The monoisotopic (exact) mass is 168 g/mol. The average Bonchev–Trinajstić information content (AvgIpc) is 1.93. The highest BCUT2D eigenvalue weighted by Crippen LogP contribution is 2.20. The number of aliphatic imine (C=N–C) groups is 1. The quantitative estimate of drug-likeness (QED) is 0.508. The number of hydrogen-bond acceptors (Lipinski definition) is 2. The summed E-state index contributed by atoms with van der Waals surface area (Å²) in [6.07, 6.45) is 0. The standard InChI is InChI=1S/C8H9ClN2/c1-6(9)11-8-5-3-2-4-7(8)10/h2-5H,10H2,1H3/b11-6+. The third-order valence-electron chi connectivity index (χ3n) is 1.21. The van der Waals surface area contributed by atoms with Gasteiger partial charge in [0.1, 0.15) is 5.17 Å². The van der Waals surface area contributed by atoms with Crippen molar-refractivity contribution < 1.29 is 0 Å². The van der Waals surface area contributed by atoms with Crippen LogP contribution in [-0.4, -0.2) is 5.17 Å². The Morgan fingerprint density at radius 3 is 2.64 bits per heavy atom. The van der Waals surface area contributed by atoms with Crippen LogP contribution in [0, 0.1) is 0 Å². The molecule has 1 aromatic carbocycles. The molecule has 0 spiro atoms. The van der Waals surface area contributed by atoms with Crippen LogP contribution in [0.3, 0.4) is 0 Å². The molecule has 2 N–H and O–H groups in total. The van der Waals surface area contributed by atoms with Crippen molar-refractivity contribution in [2.75, 3.05) is 5.73 Å². The van der Waals surface area contributed by atoms with Gasteiger partial charge in [0.05, 0.1) is 11.4 Å². The molecule has 0 amide bonds. The lowest BCUT2D eigenvalue weighted by Gasteiger charge is -1.97. The van der Waals surface area contributed by atoms with Gasteiger partial charge in [0.25, 0.3) is 0 Å². The van der Waals surface area contributed by atoms with Gasteiger partial charge in [-0.25, -0.2) is 4.99 Å². The van der Waals surface area contributed by atoms with E-state index in [-0.39, 0.29) is 0 Å². The van der Waals surface area contributed by atoms with Gasteiger partial charge in [-0.2, -0.15) is 0 Å². The highest BCUT2D eigenvalue weighted by Gasteiger charge is 1.93. The Labute approximate surface area is 70.7 Å². The van der Waals surface area contributed by atoms with Gasteiger partial charge in [-0.3, -0.25) is 0 Å². The third-order valence-corrected chi connectivity index (χ3v) is 1.30. The zero-order chi connectivity index (χ0) is 8.27. The number of nitrogen functional groups attached to an aromatic ring is 1. The van der Waals surface area contributed by atoms with Crippen molar-refractivity contribution in [3.05, 3.63) is 24.3 Å². The number of hydrogen-bond donors (Lipinski definition) is 1. The fourth-order valence-corrected chi connectivity index (χ4v) is 0.846. The SMILES string of the molecule is C/C(Cl)=N\c1ccccc1N. The first-order chi connectivity index (χ1) is 5.20. The lowest BCUT2D eigenvalue weighted by atomic mass is 10.3. The van der Waals surface area contributed by atoms with E-state index in [0.29, 0.717) is 10.9 Å². The molecule has 0 unspecified atom stereocenters. The fraction of sp³-hybridized carbons (Fsp3) is 0.125. The molecule has 58 valence electrons. The van der Waals surface area contributed by atoms with Crippen LogP contribution < -0.4 is 5.73 Å². The first kappa shape index (κ1) is 8.08. The Hall–Kier alpha value is -1.02. The zero-order valence-electron chi connectivity index (χ0n) is 6.21. The summed E-state index contributed by atoms with van der Waals surface area (Å²) in [6, 6.07) is 7.34. The molecule has 1 aromatic rings. The van der Waals surface area contributed by atoms with E-state index in [1.807, 2.05) is 18.2 Å². The molecule has 0 aromatic heterocycles. The Balaban J connectivity index is 3.04. The number of nitrogens with zero attached hydrogens (tertiary/aromatic N) is 1. The molecule has 0 saturated heterocycles. The second kappa shape index (κ2) is 3.39. The van der Waals surface area contributed by atoms with Crippen molar-refractivity contribution in [3.8, 4) is 0 Å². The van der Waals surface area contributed by atoms with Crippen LogP contribution in [0.1, 0.15) is 6.92 Å². The summed E-state index contributed by atoms with van der Waals surface area (Å²) in [5, 5.41) is 0.489. The van der Waals surface area contributed by atoms with Gasteiger partial charge >= 0.3 is 0 Å². The molecule has 0 fully saturated rings. The van der Waals surface area contributed by atoms with Crippen molar-refractivity contribution >= 4 is 28.1 Å². The van der Waals surface area contributed by atoms with Gasteiger partial charge in [-0.05, 0) is 19.1 Å². The highest BCUT2D eigenvalue weighted by molar-refractivity contribution is 6.65. The molecule has 3 heteroatoms. The molecular formula is C8H9ClN2. The molecule has 0 radical (unpaired) electrons. The van der Waals surface area contributed by atoms with E-state index >= 15 is 0 Å². The van der Waals surface area contributed by atoms with Crippen molar-refractivity contribution in [1.29, 1.82) is 0 Å². The van der Waals surface area contributed by atoms with Crippen LogP contribution in [0.15, 0.2) is 29.3 Å². The van der Waals surface area contributed by atoms with Gasteiger partial charge in [0.2, 0.25) is 0 Å².